The third kappa shape index (κ3) is 4.82. The molecule has 2 aromatic rings. The number of aryl methyl sites for hydroxylation is 2. The van der Waals surface area contributed by atoms with Crippen molar-refractivity contribution in [3.63, 3.8) is 0 Å². The van der Waals surface area contributed by atoms with Gasteiger partial charge in [0.05, 0.1) is 9.79 Å². The second-order valence-electron chi connectivity index (χ2n) is 8.26. The van der Waals surface area contributed by atoms with E-state index in [1.807, 2.05) is 0 Å². The summed E-state index contributed by atoms with van der Waals surface area (Å²) in [5.41, 5.74) is 1.49. The van der Waals surface area contributed by atoms with Crippen LogP contribution in [0.4, 0.5) is 5.69 Å². The van der Waals surface area contributed by atoms with Gasteiger partial charge in [0.1, 0.15) is 0 Å². The first-order valence-electron chi connectivity index (χ1n) is 9.80. The molecule has 6 nitrogen and oxygen atoms in total. The third-order valence-corrected chi connectivity index (χ3v) is 9.10. The Balaban J connectivity index is 1.83. The summed E-state index contributed by atoms with van der Waals surface area (Å²) in [5, 5.41) is 0.502. The zero-order chi connectivity index (χ0) is 22.3. The molecule has 0 saturated carbocycles. The molecule has 0 spiro atoms. The van der Waals surface area contributed by atoms with Gasteiger partial charge in [-0.3, -0.25) is 4.72 Å². The van der Waals surface area contributed by atoms with Gasteiger partial charge < -0.3 is 0 Å². The molecule has 1 aliphatic rings. The topological polar surface area (TPSA) is 83.5 Å². The lowest BCUT2D eigenvalue weighted by Crippen LogP contribution is -2.42. The average Bonchev–Trinajstić information content (AvgIpc) is 2.64. The second kappa shape index (κ2) is 8.49. The van der Waals surface area contributed by atoms with Gasteiger partial charge in [0.25, 0.3) is 10.0 Å². The smallest absolute Gasteiger partial charge is 0.262 e. The summed E-state index contributed by atoms with van der Waals surface area (Å²) in [4.78, 5) is 0.294. The van der Waals surface area contributed by atoms with E-state index in [0.717, 1.165) is 6.42 Å². The maximum absolute atomic E-state index is 13.0. The van der Waals surface area contributed by atoms with E-state index in [4.69, 9.17) is 11.6 Å². The van der Waals surface area contributed by atoms with Crippen molar-refractivity contribution in [1.29, 1.82) is 0 Å². The van der Waals surface area contributed by atoms with E-state index in [1.165, 1.54) is 34.6 Å². The summed E-state index contributed by atoms with van der Waals surface area (Å²) in [7, 11) is -7.45. The Kier molecular flexibility index (Phi) is 6.53. The number of benzene rings is 2. The molecule has 2 aromatic carbocycles. The van der Waals surface area contributed by atoms with E-state index >= 15 is 0 Å². The number of rotatable bonds is 5. The van der Waals surface area contributed by atoms with E-state index < -0.39 is 20.0 Å². The van der Waals surface area contributed by atoms with Gasteiger partial charge in [0.15, 0.2) is 0 Å². The van der Waals surface area contributed by atoms with E-state index in [0.29, 0.717) is 46.8 Å². The second-order valence-corrected chi connectivity index (χ2v) is 12.3. The first kappa shape index (κ1) is 23.1. The lowest BCUT2D eigenvalue weighted by molar-refractivity contribution is 0.222. The van der Waals surface area contributed by atoms with Crippen molar-refractivity contribution in [2.75, 3.05) is 17.8 Å². The highest BCUT2D eigenvalue weighted by molar-refractivity contribution is 7.92. The van der Waals surface area contributed by atoms with Gasteiger partial charge in [-0.25, -0.2) is 16.8 Å². The third-order valence-electron chi connectivity index (χ3n) is 5.33. The molecule has 1 saturated heterocycles. The number of sulfonamides is 2. The van der Waals surface area contributed by atoms with Crippen LogP contribution in [0.15, 0.2) is 46.2 Å². The Morgan fingerprint density at radius 2 is 1.50 bits per heavy atom. The van der Waals surface area contributed by atoms with Crippen molar-refractivity contribution in [1.82, 2.24) is 4.31 Å². The zero-order valence-electron chi connectivity index (χ0n) is 17.5. The molecule has 1 heterocycles. The van der Waals surface area contributed by atoms with Crippen LogP contribution < -0.4 is 4.72 Å². The van der Waals surface area contributed by atoms with E-state index in [9.17, 15) is 16.8 Å². The van der Waals surface area contributed by atoms with Crippen molar-refractivity contribution in [2.24, 2.45) is 11.8 Å². The van der Waals surface area contributed by atoms with Crippen molar-refractivity contribution >= 4 is 37.3 Å². The maximum atomic E-state index is 13.0. The Morgan fingerprint density at radius 1 is 0.933 bits per heavy atom. The summed E-state index contributed by atoms with van der Waals surface area (Å²) >= 11 is 6.06. The van der Waals surface area contributed by atoms with Crippen LogP contribution >= 0.6 is 11.6 Å². The quantitative estimate of drug-likeness (QED) is 0.700. The molecular formula is C21H27ClN2O4S2. The van der Waals surface area contributed by atoms with Crippen LogP contribution in [0.25, 0.3) is 0 Å². The van der Waals surface area contributed by atoms with Crippen LogP contribution in [0.1, 0.15) is 31.4 Å². The summed E-state index contributed by atoms with van der Waals surface area (Å²) in [5.74, 6) is 0.612. The molecule has 2 unspecified atom stereocenters. The summed E-state index contributed by atoms with van der Waals surface area (Å²) in [6.07, 6.45) is 1.01. The standard InChI is InChI=1S/C21H27ClN2O4S2/c1-14-9-15(2)13-24(12-14)30(27,28)19-7-5-18(6-8-19)23-29(25,26)21-11-16(3)20(22)10-17(21)4/h5-8,10-11,14-15,23H,9,12-13H2,1-4H3. The number of anilines is 1. The molecule has 0 radical (unpaired) electrons. The van der Waals surface area contributed by atoms with Crippen LogP contribution in [0.5, 0.6) is 0 Å². The number of hydrogen-bond acceptors (Lipinski definition) is 4. The van der Waals surface area contributed by atoms with Gasteiger partial charge in [-0.2, -0.15) is 4.31 Å². The molecule has 2 atom stereocenters. The van der Waals surface area contributed by atoms with Gasteiger partial charge in [-0.15, -0.1) is 0 Å². The minimum absolute atomic E-state index is 0.136. The molecule has 0 aliphatic carbocycles. The van der Waals surface area contributed by atoms with Gasteiger partial charge in [0, 0.05) is 23.8 Å². The van der Waals surface area contributed by atoms with Gasteiger partial charge >= 0.3 is 0 Å². The monoisotopic (exact) mass is 470 g/mol. The predicted octanol–water partition coefficient (Wildman–Crippen LogP) is 4.42. The molecule has 3 rings (SSSR count). The van der Waals surface area contributed by atoms with E-state index in [2.05, 4.69) is 18.6 Å². The molecule has 0 bridgehead atoms. The molecule has 1 N–H and O–H groups in total. The zero-order valence-corrected chi connectivity index (χ0v) is 19.9. The molecule has 164 valence electrons. The highest BCUT2D eigenvalue weighted by atomic mass is 35.5. The summed E-state index contributed by atoms with van der Waals surface area (Å²) in [6, 6.07) is 8.96. The van der Waals surface area contributed by atoms with Gasteiger partial charge in [-0.1, -0.05) is 25.4 Å². The molecular weight excluding hydrogens is 444 g/mol. The fraction of sp³-hybridized carbons (Fsp3) is 0.429. The van der Waals surface area contributed by atoms with Gasteiger partial charge in [-0.05, 0) is 79.6 Å². The molecule has 1 aliphatic heterocycles. The van der Waals surface area contributed by atoms with Crippen LogP contribution in [0.3, 0.4) is 0 Å². The minimum atomic E-state index is -3.84. The van der Waals surface area contributed by atoms with Crippen molar-refractivity contribution in [2.45, 2.75) is 43.9 Å². The average molecular weight is 471 g/mol. The van der Waals surface area contributed by atoms with E-state index in [1.54, 1.807) is 19.9 Å². The molecule has 30 heavy (non-hydrogen) atoms. The van der Waals surface area contributed by atoms with Crippen LogP contribution in [0, 0.1) is 25.7 Å². The Hall–Kier alpha value is -1.61. The summed E-state index contributed by atoms with van der Waals surface area (Å²) in [6.45, 7) is 8.51. The van der Waals surface area contributed by atoms with Gasteiger partial charge in [0.2, 0.25) is 10.0 Å². The number of halogens is 1. The molecule has 9 heteroatoms. The van der Waals surface area contributed by atoms with Crippen molar-refractivity contribution in [3.8, 4) is 0 Å². The number of nitrogens with one attached hydrogen (secondary N) is 1. The Bertz CT molecular complexity index is 1140. The highest BCUT2D eigenvalue weighted by Crippen LogP contribution is 2.29. The fourth-order valence-corrected chi connectivity index (χ4v) is 7.17. The fourth-order valence-electron chi connectivity index (χ4n) is 3.90. The number of nitrogens with zero attached hydrogens (tertiary/aromatic N) is 1. The normalized spacial score (nSPS) is 20.8. The molecule has 0 amide bonds. The lowest BCUT2D eigenvalue weighted by atomic mass is 9.94. The molecule has 0 aromatic heterocycles. The Labute approximate surface area is 184 Å². The maximum Gasteiger partial charge on any atom is 0.262 e. The first-order valence-corrected chi connectivity index (χ1v) is 13.1. The van der Waals surface area contributed by atoms with Crippen LogP contribution in [-0.2, 0) is 20.0 Å². The van der Waals surface area contributed by atoms with Crippen molar-refractivity contribution in [3.05, 3.63) is 52.5 Å². The number of hydrogen-bond donors (Lipinski definition) is 1. The highest BCUT2D eigenvalue weighted by Gasteiger charge is 2.31. The first-order chi connectivity index (χ1) is 13.9. The summed E-state index contributed by atoms with van der Waals surface area (Å²) < 4.78 is 55.6. The predicted molar refractivity (Wildman–Crippen MR) is 120 cm³/mol. The van der Waals surface area contributed by atoms with Crippen LogP contribution in [-0.4, -0.2) is 34.2 Å². The van der Waals surface area contributed by atoms with Crippen molar-refractivity contribution < 1.29 is 16.8 Å². The molecule has 1 fully saturated rings. The lowest BCUT2D eigenvalue weighted by Gasteiger charge is -2.34. The number of piperidine rings is 1. The van der Waals surface area contributed by atoms with E-state index in [-0.39, 0.29) is 9.79 Å². The van der Waals surface area contributed by atoms with Crippen LogP contribution in [0.2, 0.25) is 5.02 Å². The SMILES string of the molecule is Cc1cc(S(=O)(=O)Nc2ccc(S(=O)(=O)N3CC(C)CC(C)C3)cc2)c(C)cc1Cl. The largest absolute Gasteiger partial charge is 0.280 e. The minimum Gasteiger partial charge on any atom is -0.280 e. The Morgan fingerprint density at radius 3 is 2.07 bits per heavy atom.